The highest BCUT2D eigenvalue weighted by Crippen LogP contribution is 2.29. The molecule has 0 aliphatic rings. The molecule has 2 aromatic rings. The normalized spacial score (nSPS) is 11.6. The van der Waals surface area contributed by atoms with Gasteiger partial charge in [0.1, 0.15) is 11.6 Å². The molecule has 2 aromatic carbocycles. The van der Waals surface area contributed by atoms with Crippen molar-refractivity contribution >= 4 is 28.9 Å². The summed E-state index contributed by atoms with van der Waals surface area (Å²) in [5.74, 6) is -0.495. The van der Waals surface area contributed by atoms with E-state index in [0.717, 1.165) is 11.3 Å². The fourth-order valence-corrected chi connectivity index (χ4v) is 2.52. The molecule has 0 spiro atoms. The van der Waals surface area contributed by atoms with Gasteiger partial charge in [-0.1, -0.05) is 56.6 Å². The van der Waals surface area contributed by atoms with E-state index in [1.807, 2.05) is 30.3 Å². The monoisotopic (exact) mass is 353 g/mol. The van der Waals surface area contributed by atoms with Crippen molar-refractivity contribution in [3.63, 3.8) is 0 Å². The largest absolute Gasteiger partial charge is 0.360 e. The Labute approximate surface area is 153 Å². The van der Waals surface area contributed by atoms with Crippen LogP contribution in [-0.2, 0) is 10.2 Å². The number of amides is 1. The second kappa shape index (κ2) is 7.87. The highest BCUT2D eigenvalue weighted by molar-refractivity contribution is 6.31. The van der Waals surface area contributed by atoms with Crippen LogP contribution in [0.5, 0.6) is 0 Å². The van der Waals surface area contributed by atoms with Crippen molar-refractivity contribution in [2.75, 3.05) is 10.6 Å². The molecule has 2 N–H and O–H groups in total. The Hall–Kier alpha value is -2.77. The number of rotatable bonds is 4. The fourth-order valence-electron chi connectivity index (χ4n) is 2.33. The van der Waals surface area contributed by atoms with Gasteiger partial charge in [0.05, 0.1) is 0 Å². The molecule has 4 nitrogen and oxygen atoms in total. The number of nitrogens with zero attached hydrogens (tertiary/aromatic N) is 1. The van der Waals surface area contributed by atoms with E-state index in [-0.39, 0.29) is 11.0 Å². The van der Waals surface area contributed by atoms with E-state index in [4.69, 9.17) is 11.6 Å². The fraction of sp³-hybridized carbons (Fsp3) is 0.200. The van der Waals surface area contributed by atoms with E-state index in [0.29, 0.717) is 10.7 Å². The van der Waals surface area contributed by atoms with Crippen LogP contribution in [0.1, 0.15) is 26.3 Å². The second-order valence-electron chi connectivity index (χ2n) is 6.57. The summed E-state index contributed by atoms with van der Waals surface area (Å²) in [4.78, 5) is 12.3. The first-order valence-corrected chi connectivity index (χ1v) is 8.22. The van der Waals surface area contributed by atoms with Crippen LogP contribution in [0.25, 0.3) is 0 Å². The van der Waals surface area contributed by atoms with Crippen molar-refractivity contribution in [3.05, 3.63) is 70.9 Å². The third-order valence-electron chi connectivity index (χ3n) is 3.55. The Morgan fingerprint density at radius 3 is 2.52 bits per heavy atom. The zero-order chi connectivity index (χ0) is 18.4. The third kappa shape index (κ3) is 5.10. The van der Waals surface area contributed by atoms with E-state index in [1.165, 1.54) is 6.20 Å². The van der Waals surface area contributed by atoms with Gasteiger partial charge >= 0.3 is 0 Å². The summed E-state index contributed by atoms with van der Waals surface area (Å²) < 4.78 is 0. The first kappa shape index (κ1) is 18.6. The average molecular weight is 354 g/mol. The Morgan fingerprint density at radius 2 is 1.88 bits per heavy atom. The van der Waals surface area contributed by atoms with Gasteiger partial charge in [0.15, 0.2) is 0 Å². The van der Waals surface area contributed by atoms with Gasteiger partial charge in [-0.15, -0.1) is 0 Å². The van der Waals surface area contributed by atoms with Crippen LogP contribution >= 0.6 is 11.6 Å². The zero-order valence-corrected chi connectivity index (χ0v) is 15.2. The second-order valence-corrected chi connectivity index (χ2v) is 7.01. The molecule has 0 saturated carbocycles. The smallest absolute Gasteiger partial charge is 0.267 e. The minimum absolute atomic E-state index is 0.0244. The van der Waals surface area contributed by atoms with Gasteiger partial charge < -0.3 is 10.6 Å². The van der Waals surface area contributed by atoms with Crippen molar-refractivity contribution < 1.29 is 4.79 Å². The standard InChI is InChI=1S/C20H20ClN3O/c1-20(2,3)17-9-4-5-10-18(17)23-13-14(12-22)19(25)24-16-8-6-7-15(21)11-16/h4-11,13,23H,1-3H3,(H,24,25)/b14-13-. The van der Waals surface area contributed by atoms with Gasteiger partial charge in [0, 0.05) is 22.6 Å². The summed E-state index contributed by atoms with van der Waals surface area (Å²) in [6.45, 7) is 6.32. The maximum Gasteiger partial charge on any atom is 0.267 e. The highest BCUT2D eigenvalue weighted by atomic mass is 35.5. The highest BCUT2D eigenvalue weighted by Gasteiger charge is 2.17. The van der Waals surface area contributed by atoms with Gasteiger partial charge in [-0.3, -0.25) is 4.79 Å². The molecule has 0 aliphatic heterocycles. The number of nitrogens with one attached hydrogen (secondary N) is 2. The summed E-state index contributed by atoms with van der Waals surface area (Å²) in [5.41, 5.74) is 2.40. The number of carbonyl (C=O) groups is 1. The quantitative estimate of drug-likeness (QED) is 0.594. The average Bonchev–Trinajstić information content (AvgIpc) is 2.55. The van der Waals surface area contributed by atoms with Gasteiger partial charge in [-0.2, -0.15) is 5.26 Å². The van der Waals surface area contributed by atoms with Crippen molar-refractivity contribution in [2.45, 2.75) is 26.2 Å². The predicted octanol–water partition coefficient (Wildman–Crippen LogP) is 5.10. The Morgan fingerprint density at radius 1 is 1.16 bits per heavy atom. The lowest BCUT2D eigenvalue weighted by atomic mass is 9.86. The molecule has 0 radical (unpaired) electrons. The number of hydrogen-bond donors (Lipinski definition) is 2. The van der Waals surface area contributed by atoms with Gasteiger partial charge in [-0.05, 0) is 35.2 Å². The summed E-state index contributed by atoms with van der Waals surface area (Å²) >= 11 is 5.90. The maximum atomic E-state index is 12.3. The van der Waals surface area contributed by atoms with Crippen LogP contribution < -0.4 is 10.6 Å². The van der Waals surface area contributed by atoms with Gasteiger partial charge in [-0.25, -0.2) is 0 Å². The molecule has 25 heavy (non-hydrogen) atoms. The van der Waals surface area contributed by atoms with Crippen molar-refractivity contribution in [2.24, 2.45) is 0 Å². The van der Waals surface area contributed by atoms with E-state index in [1.54, 1.807) is 24.3 Å². The molecule has 0 aromatic heterocycles. The summed E-state index contributed by atoms with van der Waals surface area (Å²) in [6, 6.07) is 16.5. The summed E-state index contributed by atoms with van der Waals surface area (Å²) in [6.07, 6.45) is 1.42. The summed E-state index contributed by atoms with van der Waals surface area (Å²) in [7, 11) is 0. The van der Waals surface area contributed by atoms with Crippen LogP contribution in [0.2, 0.25) is 5.02 Å². The molecule has 0 bridgehead atoms. The maximum absolute atomic E-state index is 12.3. The first-order chi connectivity index (χ1) is 11.8. The minimum Gasteiger partial charge on any atom is -0.360 e. The molecule has 0 saturated heterocycles. The Bertz CT molecular complexity index is 845. The molecular formula is C20H20ClN3O. The lowest BCUT2D eigenvalue weighted by Gasteiger charge is -2.22. The Balaban J connectivity index is 2.19. The van der Waals surface area contributed by atoms with Crippen molar-refractivity contribution in [3.8, 4) is 6.07 Å². The molecule has 0 aliphatic carbocycles. The van der Waals surface area contributed by atoms with E-state index in [9.17, 15) is 10.1 Å². The van der Waals surface area contributed by atoms with Crippen LogP contribution in [0, 0.1) is 11.3 Å². The van der Waals surface area contributed by atoms with Gasteiger partial charge in [0.2, 0.25) is 0 Å². The zero-order valence-electron chi connectivity index (χ0n) is 14.4. The number of hydrogen-bond acceptors (Lipinski definition) is 3. The molecule has 5 heteroatoms. The number of carbonyl (C=O) groups excluding carboxylic acids is 1. The molecule has 2 rings (SSSR count). The number of para-hydroxylation sites is 1. The molecule has 128 valence electrons. The summed E-state index contributed by atoms with van der Waals surface area (Å²) in [5, 5.41) is 15.5. The Kier molecular flexibility index (Phi) is 5.84. The topological polar surface area (TPSA) is 64.9 Å². The van der Waals surface area contributed by atoms with Crippen LogP contribution in [0.4, 0.5) is 11.4 Å². The molecular weight excluding hydrogens is 334 g/mol. The van der Waals surface area contributed by atoms with E-state index >= 15 is 0 Å². The number of benzene rings is 2. The van der Waals surface area contributed by atoms with Crippen molar-refractivity contribution in [1.29, 1.82) is 5.26 Å². The third-order valence-corrected chi connectivity index (χ3v) is 3.79. The predicted molar refractivity (Wildman–Crippen MR) is 103 cm³/mol. The van der Waals surface area contributed by atoms with Crippen molar-refractivity contribution in [1.82, 2.24) is 0 Å². The van der Waals surface area contributed by atoms with Crippen LogP contribution in [-0.4, -0.2) is 5.91 Å². The molecule has 0 fully saturated rings. The van der Waals surface area contributed by atoms with E-state index < -0.39 is 5.91 Å². The lowest BCUT2D eigenvalue weighted by molar-refractivity contribution is -0.112. The first-order valence-electron chi connectivity index (χ1n) is 7.84. The molecule has 0 atom stereocenters. The number of halogens is 1. The van der Waals surface area contributed by atoms with Crippen LogP contribution in [0.3, 0.4) is 0 Å². The number of anilines is 2. The lowest BCUT2D eigenvalue weighted by Crippen LogP contribution is -2.16. The van der Waals surface area contributed by atoms with Gasteiger partial charge in [0.25, 0.3) is 5.91 Å². The minimum atomic E-state index is -0.495. The SMILES string of the molecule is CC(C)(C)c1ccccc1N/C=C(/C#N)C(=O)Nc1cccc(Cl)c1. The molecule has 0 heterocycles. The number of nitriles is 1. The molecule has 0 unspecified atom stereocenters. The van der Waals surface area contributed by atoms with E-state index in [2.05, 4.69) is 31.4 Å². The van der Waals surface area contributed by atoms with Crippen LogP contribution in [0.15, 0.2) is 60.3 Å². The molecule has 1 amide bonds.